The number of carbonyl (C=O) groups is 2. The van der Waals surface area contributed by atoms with Crippen LogP contribution in [0.15, 0.2) is 24.3 Å². The van der Waals surface area contributed by atoms with E-state index in [2.05, 4.69) is 9.80 Å². The molecule has 3 saturated heterocycles. The van der Waals surface area contributed by atoms with Crippen molar-refractivity contribution in [3.05, 3.63) is 30.1 Å². The smallest absolute Gasteiger partial charge is 0.251 e. The lowest BCUT2D eigenvalue weighted by Crippen LogP contribution is -2.46. The maximum absolute atomic E-state index is 13.1. The highest BCUT2D eigenvalue weighted by Crippen LogP contribution is 2.29. The number of carbonyl (C=O) groups excluding carboxylic acids is 2. The number of halogens is 1. The van der Waals surface area contributed by atoms with Gasteiger partial charge in [-0.2, -0.15) is 0 Å². The Morgan fingerprint density at radius 2 is 1.68 bits per heavy atom. The molecule has 0 N–H and O–H groups in total. The molecule has 1 atom stereocenters. The van der Waals surface area contributed by atoms with Crippen LogP contribution in [0.5, 0.6) is 0 Å². The van der Waals surface area contributed by atoms with E-state index < -0.39 is 0 Å². The molecule has 3 aliphatic heterocycles. The highest BCUT2D eigenvalue weighted by atomic mass is 19.1. The van der Waals surface area contributed by atoms with Crippen LogP contribution in [0.2, 0.25) is 0 Å². The molecule has 0 radical (unpaired) electrons. The number of benzene rings is 1. The van der Waals surface area contributed by atoms with Crippen LogP contribution >= 0.6 is 0 Å². The topological polar surface area (TPSA) is 53.1 Å². The van der Waals surface area contributed by atoms with Gasteiger partial charge in [0.15, 0.2) is 0 Å². The average Bonchev–Trinajstić information content (AvgIpc) is 3.02. The van der Waals surface area contributed by atoms with Gasteiger partial charge in [0, 0.05) is 13.1 Å². The first-order valence-electron chi connectivity index (χ1n) is 10.3. The number of hydrogen-bond acceptors (Lipinski definition) is 5. The van der Waals surface area contributed by atoms with Gasteiger partial charge in [-0.05, 0) is 69.1 Å². The van der Waals surface area contributed by atoms with E-state index in [1.54, 1.807) is 0 Å². The maximum Gasteiger partial charge on any atom is 0.251 e. The third kappa shape index (κ3) is 4.26. The molecule has 6 nitrogen and oxygen atoms in total. The Balaban J connectivity index is 1.29. The lowest BCUT2D eigenvalue weighted by atomic mass is 9.92. The van der Waals surface area contributed by atoms with Crippen molar-refractivity contribution < 1.29 is 18.7 Å². The van der Waals surface area contributed by atoms with E-state index in [1.807, 2.05) is 0 Å². The number of amides is 2. The fourth-order valence-corrected chi connectivity index (χ4v) is 4.51. The number of likely N-dealkylation sites (tertiary alicyclic amines) is 1. The van der Waals surface area contributed by atoms with E-state index in [0.29, 0.717) is 11.6 Å². The number of hydrogen-bond donors (Lipinski definition) is 0. The van der Waals surface area contributed by atoms with Gasteiger partial charge in [0.2, 0.25) is 5.91 Å². The first kappa shape index (κ1) is 19.5. The molecule has 0 bridgehead atoms. The van der Waals surface area contributed by atoms with E-state index >= 15 is 0 Å². The Labute approximate surface area is 165 Å². The fraction of sp³-hybridized carbons (Fsp3) is 0.619. The molecule has 2 amide bonds. The van der Waals surface area contributed by atoms with Gasteiger partial charge in [-0.3, -0.25) is 19.4 Å². The molecule has 152 valence electrons. The minimum absolute atomic E-state index is 0.177. The number of piperidine rings is 1. The first-order valence-corrected chi connectivity index (χ1v) is 10.3. The van der Waals surface area contributed by atoms with Gasteiger partial charge in [-0.15, -0.1) is 0 Å². The summed E-state index contributed by atoms with van der Waals surface area (Å²) in [6.07, 6.45) is 3.54. The molecule has 0 saturated carbocycles. The van der Waals surface area contributed by atoms with Crippen molar-refractivity contribution in [2.75, 3.05) is 50.8 Å². The number of ether oxygens (including phenoxy) is 1. The van der Waals surface area contributed by atoms with Gasteiger partial charge in [-0.1, -0.05) is 0 Å². The Bertz CT molecular complexity index is 697. The van der Waals surface area contributed by atoms with Crippen molar-refractivity contribution in [2.24, 2.45) is 5.92 Å². The van der Waals surface area contributed by atoms with Gasteiger partial charge in [0.05, 0.1) is 31.4 Å². The molecule has 1 aromatic rings. The molecule has 1 aromatic carbocycles. The van der Waals surface area contributed by atoms with Crippen molar-refractivity contribution in [1.29, 1.82) is 0 Å². The van der Waals surface area contributed by atoms with E-state index in [9.17, 15) is 14.0 Å². The number of nitrogens with zero attached hydrogens (tertiary/aromatic N) is 3. The minimum Gasteiger partial charge on any atom is -0.379 e. The van der Waals surface area contributed by atoms with Crippen molar-refractivity contribution in [2.45, 2.75) is 31.7 Å². The molecular formula is C21H28FN3O3. The molecule has 3 heterocycles. The monoisotopic (exact) mass is 389 g/mol. The predicted octanol–water partition coefficient (Wildman–Crippen LogP) is 1.89. The van der Waals surface area contributed by atoms with E-state index in [4.69, 9.17) is 4.74 Å². The van der Waals surface area contributed by atoms with Gasteiger partial charge < -0.3 is 4.74 Å². The Kier molecular flexibility index (Phi) is 6.04. The number of morpholine rings is 1. The Morgan fingerprint density at radius 3 is 2.36 bits per heavy atom. The second-order valence-electron chi connectivity index (χ2n) is 7.99. The summed E-state index contributed by atoms with van der Waals surface area (Å²) in [6, 6.07) is 5.17. The summed E-state index contributed by atoms with van der Waals surface area (Å²) >= 11 is 0. The second-order valence-corrected chi connectivity index (χ2v) is 7.99. The average molecular weight is 389 g/mol. The number of rotatable bonds is 5. The quantitative estimate of drug-likeness (QED) is 0.720. The van der Waals surface area contributed by atoms with Gasteiger partial charge in [-0.25, -0.2) is 9.29 Å². The summed E-state index contributed by atoms with van der Waals surface area (Å²) in [6.45, 7) is 6.55. The molecule has 3 fully saturated rings. The molecule has 0 spiro atoms. The Hall–Kier alpha value is -1.83. The van der Waals surface area contributed by atoms with Crippen LogP contribution in [-0.4, -0.2) is 73.6 Å². The third-order valence-corrected chi connectivity index (χ3v) is 6.25. The predicted molar refractivity (Wildman–Crippen MR) is 103 cm³/mol. The summed E-state index contributed by atoms with van der Waals surface area (Å²) in [5.41, 5.74) is 0.458. The summed E-state index contributed by atoms with van der Waals surface area (Å²) in [4.78, 5) is 31.1. The van der Waals surface area contributed by atoms with Crippen molar-refractivity contribution in [1.82, 2.24) is 9.80 Å². The SMILES string of the molecule is O=C1CC(N2CCC(CCN3CCOCC3)CC2)C(=O)N1c1ccc(F)cc1. The van der Waals surface area contributed by atoms with Crippen molar-refractivity contribution in [3.8, 4) is 0 Å². The molecule has 7 heteroatoms. The Morgan fingerprint density at radius 1 is 1.00 bits per heavy atom. The number of anilines is 1. The summed E-state index contributed by atoms with van der Waals surface area (Å²) in [5, 5.41) is 0. The molecular weight excluding hydrogens is 361 g/mol. The van der Waals surface area contributed by atoms with E-state index in [0.717, 1.165) is 58.8 Å². The summed E-state index contributed by atoms with van der Waals surface area (Å²) in [5.74, 6) is -0.0718. The molecule has 1 unspecified atom stereocenters. The highest BCUT2D eigenvalue weighted by molar-refractivity contribution is 6.22. The lowest BCUT2D eigenvalue weighted by Gasteiger charge is -2.36. The fourth-order valence-electron chi connectivity index (χ4n) is 4.51. The molecule has 0 aliphatic carbocycles. The molecule has 4 rings (SSSR count). The maximum atomic E-state index is 13.1. The second kappa shape index (κ2) is 8.68. The van der Waals surface area contributed by atoms with Crippen LogP contribution in [0.1, 0.15) is 25.7 Å². The van der Waals surface area contributed by atoms with E-state index in [-0.39, 0.29) is 30.1 Å². The minimum atomic E-state index is -0.377. The van der Waals surface area contributed by atoms with Crippen LogP contribution in [0.4, 0.5) is 10.1 Å². The van der Waals surface area contributed by atoms with Crippen molar-refractivity contribution >= 4 is 17.5 Å². The highest BCUT2D eigenvalue weighted by Gasteiger charge is 2.43. The third-order valence-electron chi connectivity index (χ3n) is 6.25. The van der Waals surface area contributed by atoms with Crippen LogP contribution in [0.25, 0.3) is 0 Å². The van der Waals surface area contributed by atoms with Crippen LogP contribution < -0.4 is 4.90 Å². The molecule has 3 aliphatic rings. The normalized spacial score (nSPS) is 25.6. The zero-order valence-corrected chi connectivity index (χ0v) is 16.2. The van der Waals surface area contributed by atoms with Gasteiger partial charge in [0.1, 0.15) is 5.82 Å². The van der Waals surface area contributed by atoms with E-state index in [1.165, 1.54) is 35.6 Å². The largest absolute Gasteiger partial charge is 0.379 e. The summed E-state index contributed by atoms with van der Waals surface area (Å²) in [7, 11) is 0. The molecule has 28 heavy (non-hydrogen) atoms. The zero-order chi connectivity index (χ0) is 19.5. The number of imide groups is 1. The van der Waals surface area contributed by atoms with Crippen LogP contribution in [-0.2, 0) is 14.3 Å². The van der Waals surface area contributed by atoms with Gasteiger partial charge in [0.25, 0.3) is 5.91 Å². The van der Waals surface area contributed by atoms with Crippen LogP contribution in [0.3, 0.4) is 0 Å². The lowest BCUT2D eigenvalue weighted by molar-refractivity contribution is -0.123. The van der Waals surface area contributed by atoms with Crippen molar-refractivity contribution in [3.63, 3.8) is 0 Å². The molecule has 0 aromatic heterocycles. The zero-order valence-electron chi connectivity index (χ0n) is 16.2. The first-order chi connectivity index (χ1) is 13.6. The van der Waals surface area contributed by atoms with Gasteiger partial charge >= 0.3 is 0 Å². The summed E-state index contributed by atoms with van der Waals surface area (Å²) < 4.78 is 18.5. The standard InChI is InChI=1S/C21H28FN3O3/c22-17-1-3-18(4-2-17)25-20(26)15-19(21(25)27)24-9-6-16(7-10-24)5-8-23-11-13-28-14-12-23/h1-4,16,19H,5-15H2. The van der Waals surface area contributed by atoms with Crippen LogP contribution in [0, 0.1) is 11.7 Å².